The molecule has 1 aromatic heterocycles. The Bertz CT molecular complexity index is 692. The first kappa shape index (κ1) is 17.1. The van der Waals surface area contributed by atoms with Crippen molar-refractivity contribution in [2.45, 2.75) is 38.5 Å². The van der Waals surface area contributed by atoms with Gasteiger partial charge in [-0.15, -0.1) is 0 Å². The van der Waals surface area contributed by atoms with Crippen molar-refractivity contribution in [1.29, 1.82) is 0 Å². The van der Waals surface area contributed by atoms with Crippen LogP contribution in [0.4, 0.5) is 5.69 Å². The van der Waals surface area contributed by atoms with Crippen molar-refractivity contribution >= 4 is 17.5 Å². The minimum Gasteiger partial charge on any atom is -0.347 e. The van der Waals surface area contributed by atoms with Crippen molar-refractivity contribution in [3.8, 4) is 11.5 Å². The summed E-state index contributed by atoms with van der Waals surface area (Å²) in [4.78, 5) is 27.8. The highest BCUT2D eigenvalue weighted by Crippen LogP contribution is 2.26. The van der Waals surface area contributed by atoms with E-state index in [4.69, 9.17) is 4.52 Å². The van der Waals surface area contributed by atoms with E-state index in [1.807, 2.05) is 0 Å². The molecule has 1 heterocycles. The molecule has 2 amide bonds. The largest absolute Gasteiger partial charge is 0.347 e. The lowest BCUT2D eigenvalue weighted by molar-refractivity contribution is -0.125. The minimum absolute atomic E-state index is 0.0169. The highest BCUT2D eigenvalue weighted by atomic mass is 16.5. The van der Waals surface area contributed by atoms with E-state index in [1.54, 1.807) is 24.3 Å². The zero-order valence-corrected chi connectivity index (χ0v) is 14.0. The number of nitrogens with zero attached hydrogens (tertiary/aromatic N) is 2. The predicted octanol–water partition coefficient (Wildman–Crippen LogP) is 2.76. The average Bonchev–Trinajstić information content (AvgIpc) is 3.16. The van der Waals surface area contributed by atoms with Gasteiger partial charge < -0.3 is 15.2 Å². The zero-order chi connectivity index (χ0) is 17.5. The molecule has 0 aliphatic heterocycles. The maximum absolute atomic E-state index is 12.0. The summed E-state index contributed by atoms with van der Waals surface area (Å²) in [7, 11) is 0. The van der Waals surface area contributed by atoms with Gasteiger partial charge in [-0.3, -0.25) is 9.59 Å². The fourth-order valence-electron chi connectivity index (χ4n) is 3.11. The number of carbonyl (C=O) groups excluding carboxylic acids is 2. The van der Waals surface area contributed by atoms with Crippen molar-refractivity contribution in [3.05, 3.63) is 30.6 Å². The molecule has 1 aliphatic rings. The van der Waals surface area contributed by atoms with Crippen LogP contribution in [0.5, 0.6) is 0 Å². The second kappa shape index (κ2) is 8.41. The molecule has 25 heavy (non-hydrogen) atoms. The van der Waals surface area contributed by atoms with E-state index in [0.29, 0.717) is 23.9 Å². The number of anilines is 1. The molecular formula is C18H22N4O3. The lowest BCUT2D eigenvalue weighted by atomic mass is 9.87. The highest BCUT2D eigenvalue weighted by Gasteiger charge is 2.17. The summed E-state index contributed by atoms with van der Waals surface area (Å²) in [6, 6.07) is 7.07. The molecule has 132 valence electrons. The van der Waals surface area contributed by atoms with Gasteiger partial charge in [0.2, 0.25) is 11.8 Å². The Kier molecular flexibility index (Phi) is 5.77. The number of carbonyl (C=O) groups is 2. The van der Waals surface area contributed by atoms with E-state index in [-0.39, 0.29) is 18.4 Å². The molecule has 0 atom stereocenters. The van der Waals surface area contributed by atoms with Crippen LogP contribution in [-0.2, 0) is 9.59 Å². The second-order valence-electron chi connectivity index (χ2n) is 6.36. The molecule has 0 unspecified atom stereocenters. The van der Waals surface area contributed by atoms with Crippen LogP contribution >= 0.6 is 0 Å². The van der Waals surface area contributed by atoms with Crippen LogP contribution < -0.4 is 10.6 Å². The third-order valence-electron chi connectivity index (χ3n) is 4.42. The van der Waals surface area contributed by atoms with Gasteiger partial charge in [-0.25, -0.2) is 0 Å². The fraction of sp³-hybridized carbons (Fsp3) is 0.444. The van der Waals surface area contributed by atoms with Crippen LogP contribution in [-0.4, -0.2) is 28.5 Å². The molecule has 3 rings (SSSR count). The van der Waals surface area contributed by atoms with E-state index < -0.39 is 0 Å². The third kappa shape index (κ3) is 5.14. The molecule has 1 aliphatic carbocycles. The third-order valence-corrected chi connectivity index (χ3v) is 4.42. The summed E-state index contributed by atoms with van der Waals surface area (Å²) in [6.45, 7) is -0.0169. The smallest absolute Gasteiger partial charge is 0.257 e. The lowest BCUT2D eigenvalue weighted by Crippen LogP contribution is -2.34. The van der Waals surface area contributed by atoms with Crippen molar-refractivity contribution < 1.29 is 14.1 Å². The summed E-state index contributed by atoms with van der Waals surface area (Å²) in [5.74, 6) is 0.596. The number of nitrogens with one attached hydrogen (secondary N) is 2. The standard InChI is InChI=1S/C18H22N4O3/c23-16(10-13-4-2-1-3-5-13)19-11-17(24)22-15-8-6-14(7-9-15)18-20-12-21-25-18/h6-9,12-13H,1-5,10-11H2,(H,19,23)(H,22,24). The Balaban J connectivity index is 1.42. The summed E-state index contributed by atoms with van der Waals surface area (Å²) >= 11 is 0. The molecule has 0 radical (unpaired) electrons. The van der Waals surface area contributed by atoms with Gasteiger partial charge in [0.1, 0.15) is 0 Å². The minimum atomic E-state index is -0.248. The van der Waals surface area contributed by atoms with Gasteiger partial charge in [-0.05, 0) is 43.0 Å². The molecule has 2 aromatic rings. The number of amides is 2. The number of hydrogen-bond donors (Lipinski definition) is 2. The van der Waals surface area contributed by atoms with Crippen molar-refractivity contribution in [2.75, 3.05) is 11.9 Å². The summed E-state index contributed by atoms with van der Waals surface area (Å²) in [5, 5.41) is 9.01. The van der Waals surface area contributed by atoms with E-state index >= 15 is 0 Å². The molecule has 0 bridgehead atoms. The topological polar surface area (TPSA) is 97.1 Å². The van der Waals surface area contributed by atoms with Gasteiger partial charge in [-0.1, -0.05) is 24.4 Å². The molecule has 0 saturated heterocycles. The number of aromatic nitrogens is 2. The molecular weight excluding hydrogens is 320 g/mol. The maximum Gasteiger partial charge on any atom is 0.257 e. The van der Waals surface area contributed by atoms with Crippen molar-refractivity contribution in [2.24, 2.45) is 5.92 Å². The number of rotatable bonds is 6. The van der Waals surface area contributed by atoms with Crippen molar-refractivity contribution in [3.63, 3.8) is 0 Å². The Labute approximate surface area is 146 Å². The van der Waals surface area contributed by atoms with Gasteiger partial charge in [0.15, 0.2) is 6.33 Å². The zero-order valence-electron chi connectivity index (χ0n) is 14.0. The first-order valence-electron chi connectivity index (χ1n) is 8.64. The van der Waals surface area contributed by atoms with E-state index in [1.165, 1.54) is 25.6 Å². The van der Waals surface area contributed by atoms with Crippen LogP contribution in [0.2, 0.25) is 0 Å². The summed E-state index contributed by atoms with van der Waals surface area (Å²) in [5.41, 5.74) is 1.42. The van der Waals surface area contributed by atoms with Gasteiger partial charge in [0.25, 0.3) is 5.89 Å². The Morgan fingerprint density at radius 3 is 2.52 bits per heavy atom. The highest BCUT2D eigenvalue weighted by molar-refractivity contribution is 5.94. The SMILES string of the molecule is O=C(CC1CCCCC1)NCC(=O)Nc1ccc(-c2ncno2)cc1. The van der Waals surface area contributed by atoms with Crippen LogP contribution in [0.3, 0.4) is 0 Å². The quantitative estimate of drug-likeness (QED) is 0.841. The normalized spacial score (nSPS) is 14.9. The van der Waals surface area contributed by atoms with Gasteiger partial charge >= 0.3 is 0 Å². The van der Waals surface area contributed by atoms with E-state index in [9.17, 15) is 9.59 Å². The van der Waals surface area contributed by atoms with Gasteiger partial charge in [-0.2, -0.15) is 4.98 Å². The van der Waals surface area contributed by atoms with Gasteiger partial charge in [0, 0.05) is 17.7 Å². The van der Waals surface area contributed by atoms with Crippen molar-refractivity contribution in [1.82, 2.24) is 15.5 Å². The van der Waals surface area contributed by atoms with Crippen LogP contribution in [0, 0.1) is 5.92 Å². The van der Waals surface area contributed by atoms with E-state index in [2.05, 4.69) is 20.8 Å². The maximum atomic E-state index is 12.0. The molecule has 0 spiro atoms. The Morgan fingerprint density at radius 2 is 1.84 bits per heavy atom. The summed E-state index contributed by atoms with van der Waals surface area (Å²) < 4.78 is 4.97. The predicted molar refractivity (Wildman–Crippen MR) is 92.6 cm³/mol. The monoisotopic (exact) mass is 342 g/mol. The number of hydrogen-bond acceptors (Lipinski definition) is 5. The fourth-order valence-corrected chi connectivity index (χ4v) is 3.11. The van der Waals surface area contributed by atoms with Gasteiger partial charge in [0.05, 0.1) is 6.54 Å². The average molecular weight is 342 g/mol. The number of benzene rings is 1. The molecule has 1 fully saturated rings. The Morgan fingerprint density at radius 1 is 1.08 bits per heavy atom. The molecule has 7 nitrogen and oxygen atoms in total. The molecule has 1 saturated carbocycles. The molecule has 7 heteroatoms. The van der Waals surface area contributed by atoms with Crippen LogP contribution in [0.25, 0.3) is 11.5 Å². The van der Waals surface area contributed by atoms with Crippen LogP contribution in [0.15, 0.2) is 35.1 Å². The van der Waals surface area contributed by atoms with Crippen LogP contribution in [0.1, 0.15) is 38.5 Å². The second-order valence-corrected chi connectivity index (χ2v) is 6.36. The Hall–Kier alpha value is -2.70. The lowest BCUT2D eigenvalue weighted by Gasteiger charge is -2.20. The first-order valence-corrected chi connectivity index (χ1v) is 8.64. The molecule has 1 aromatic carbocycles. The van der Waals surface area contributed by atoms with E-state index in [0.717, 1.165) is 18.4 Å². The molecule has 2 N–H and O–H groups in total. The summed E-state index contributed by atoms with van der Waals surface area (Å²) in [6.07, 6.45) is 7.77. The first-order chi connectivity index (χ1) is 12.2.